The Balaban J connectivity index is 2.33. The van der Waals surface area contributed by atoms with Crippen molar-refractivity contribution in [2.24, 2.45) is 0 Å². The number of rotatable bonds is 0. The lowest BCUT2D eigenvalue weighted by Gasteiger charge is -2.24. The zero-order valence-corrected chi connectivity index (χ0v) is 6.87. The van der Waals surface area contributed by atoms with Crippen molar-refractivity contribution in [1.82, 2.24) is 0 Å². The summed E-state index contributed by atoms with van der Waals surface area (Å²) in [4.78, 5) is 0. The highest BCUT2D eigenvalue weighted by atomic mass is 35.6. The van der Waals surface area contributed by atoms with Crippen LogP contribution in [-0.2, 0) is 4.43 Å². The molecule has 3 heteroatoms. The second-order valence-electron chi connectivity index (χ2n) is 2.41. The molecule has 0 radical (unpaired) electrons. The van der Waals surface area contributed by atoms with Gasteiger partial charge in [0, 0.05) is 6.61 Å². The minimum atomic E-state index is -1.62. The molecule has 1 saturated heterocycles. The van der Waals surface area contributed by atoms with E-state index in [2.05, 4.69) is 6.55 Å². The molecule has 0 aromatic carbocycles. The van der Waals surface area contributed by atoms with Crippen molar-refractivity contribution in [1.29, 1.82) is 0 Å². The molecular weight excluding hydrogens is 140 g/mol. The summed E-state index contributed by atoms with van der Waals surface area (Å²) in [7, 11) is -1.62. The molecule has 0 amide bonds. The Kier molecular flexibility index (Phi) is 1.95. The fourth-order valence-electron chi connectivity index (χ4n) is 0.900. The lowest BCUT2D eigenvalue weighted by atomic mass is 10.4. The summed E-state index contributed by atoms with van der Waals surface area (Å²) < 4.78 is 5.37. The van der Waals surface area contributed by atoms with Gasteiger partial charge in [-0.15, -0.1) is 11.1 Å². The first-order valence-corrected chi connectivity index (χ1v) is 6.66. The van der Waals surface area contributed by atoms with Crippen LogP contribution in [0.5, 0.6) is 0 Å². The third-order valence-corrected chi connectivity index (χ3v) is 4.37. The van der Waals surface area contributed by atoms with Gasteiger partial charge >= 0.3 is 0 Å². The van der Waals surface area contributed by atoms with E-state index in [1.54, 1.807) is 0 Å². The quantitative estimate of drug-likeness (QED) is 0.380. The van der Waals surface area contributed by atoms with Crippen LogP contribution in [0.1, 0.15) is 12.8 Å². The molecule has 0 N–H and O–H groups in total. The van der Waals surface area contributed by atoms with Crippen LogP contribution in [0.25, 0.3) is 0 Å². The Bertz CT molecular complexity index is 76.5. The maximum atomic E-state index is 5.99. The molecule has 8 heavy (non-hydrogen) atoms. The minimum absolute atomic E-state index is 0.895. The second-order valence-corrected chi connectivity index (χ2v) is 7.80. The smallest absolute Gasteiger partial charge is 0.286 e. The molecule has 1 heterocycles. The zero-order valence-electron chi connectivity index (χ0n) is 5.11. The summed E-state index contributed by atoms with van der Waals surface area (Å²) in [6.07, 6.45) is 2.47. The Labute approximate surface area is 55.8 Å². The monoisotopic (exact) mass is 150 g/mol. The van der Waals surface area contributed by atoms with E-state index < -0.39 is 7.63 Å². The molecule has 1 nitrogen and oxygen atoms in total. The van der Waals surface area contributed by atoms with Gasteiger partial charge in [0.05, 0.1) is 0 Å². The SMILES string of the molecule is C[Si]1(Cl)CCCCO1. The molecule has 1 atom stereocenters. The van der Waals surface area contributed by atoms with Gasteiger partial charge < -0.3 is 4.43 Å². The lowest BCUT2D eigenvalue weighted by molar-refractivity contribution is 0.284. The average molecular weight is 151 g/mol. The highest BCUT2D eigenvalue weighted by Gasteiger charge is 2.28. The molecule has 1 aliphatic rings. The van der Waals surface area contributed by atoms with Crippen molar-refractivity contribution in [2.75, 3.05) is 6.61 Å². The van der Waals surface area contributed by atoms with Crippen LogP contribution in [0, 0.1) is 0 Å². The maximum absolute atomic E-state index is 5.99. The predicted octanol–water partition coefficient (Wildman–Crippen LogP) is 2.11. The minimum Gasteiger partial charge on any atom is -0.403 e. The third-order valence-electron chi connectivity index (χ3n) is 1.42. The van der Waals surface area contributed by atoms with Gasteiger partial charge in [-0.05, 0) is 19.0 Å². The van der Waals surface area contributed by atoms with Crippen molar-refractivity contribution in [3.05, 3.63) is 0 Å². The second kappa shape index (κ2) is 2.37. The Morgan fingerprint density at radius 2 is 2.25 bits per heavy atom. The molecule has 0 saturated carbocycles. The fourth-order valence-corrected chi connectivity index (χ4v) is 3.13. The molecule has 0 aliphatic carbocycles. The molecule has 0 spiro atoms. The van der Waals surface area contributed by atoms with Gasteiger partial charge in [0.2, 0.25) is 0 Å². The molecule has 1 rings (SSSR count). The largest absolute Gasteiger partial charge is 0.403 e. The molecule has 0 bridgehead atoms. The molecule has 1 unspecified atom stereocenters. The first kappa shape index (κ1) is 6.58. The van der Waals surface area contributed by atoms with Crippen molar-refractivity contribution in [3.63, 3.8) is 0 Å². The fraction of sp³-hybridized carbons (Fsp3) is 1.00. The molecule has 1 fully saturated rings. The molecule has 0 aromatic heterocycles. The molecule has 1 aliphatic heterocycles. The number of halogens is 1. The number of hydrogen-bond donors (Lipinski definition) is 0. The van der Waals surface area contributed by atoms with Crippen LogP contribution in [0.2, 0.25) is 12.6 Å². The summed E-state index contributed by atoms with van der Waals surface area (Å²) in [6, 6.07) is 1.13. The molecule has 48 valence electrons. The average Bonchev–Trinajstić information content (AvgIpc) is 1.65. The van der Waals surface area contributed by atoms with E-state index in [9.17, 15) is 0 Å². The van der Waals surface area contributed by atoms with Crippen LogP contribution >= 0.6 is 11.1 Å². The molecular formula is C5H11ClOSi. The lowest BCUT2D eigenvalue weighted by Crippen LogP contribution is -2.31. The van der Waals surface area contributed by atoms with Gasteiger partial charge in [-0.2, -0.15) is 0 Å². The number of hydrogen-bond acceptors (Lipinski definition) is 1. The maximum Gasteiger partial charge on any atom is 0.286 e. The highest BCUT2D eigenvalue weighted by Crippen LogP contribution is 2.24. The summed E-state index contributed by atoms with van der Waals surface area (Å²) in [5.74, 6) is 0. The van der Waals surface area contributed by atoms with E-state index in [0.717, 1.165) is 12.7 Å². The van der Waals surface area contributed by atoms with Gasteiger partial charge in [0.15, 0.2) is 0 Å². The van der Waals surface area contributed by atoms with Crippen LogP contribution in [-0.4, -0.2) is 14.2 Å². The van der Waals surface area contributed by atoms with Crippen molar-refractivity contribution in [3.8, 4) is 0 Å². The van der Waals surface area contributed by atoms with Crippen LogP contribution in [0.3, 0.4) is 0 Å². The Morgan fingerprint density at radius 3 is 2.50 bits per heavy atom. The predicted molar refractivity (Wildman–Crippen MR) is 37.5 cm³/mol. The van der Waals surface area contributed by atoms with Gasteiger partial charge in [-0.1, -0.05) is 6.42 Å². The normalized spacial score (nSPS) is 39.8. The van der Waals surface area contributed by atoms with Crippen molar-refractivity contribution in [2.45, 2.75) is 25.4 Å². The van der Waals surface area contributed by atoms with E-state index in [4.69, 9.17) is 15.5 Å². The standard InChI is InChI=1S/C5H11ClOSi/c1-8(6)5-3-2-4-7-8/h2-5H2,1H3. The Hall–Kier alpha value is 0.467. The van der Waals surface area contributed by atoms with E-state index in [0.29, 0.717) is 0 Å². The summed E-state index contributed by atoms with van der Waals surface area (Å²) in [5, 5.41) is 0. The van der Waals surface area contributed by atoms with Crippen LogP contribution in [0.4, 0.5) is 0 Å². The highest BCUT2D eigenvalue weighted by molar-refractivity contribution is 7.16. The van der Waals surface area contributed by atoms with E-state index >= 15 is 0 Å². The van der Waals surface area contributed by atoms with Gasteiger partial charge in [-0.3, -0.25) is 0 Å². The van der Waals surface area contributed by atoms with Crippen molar-refractivity contribution < 1.29 is 4.43 Å². The Morgan fingerprint density at radius 1 is 1.50 bits per heavy atom. The van der Waals surface area contributed by atoms with Gasteiger partial charge in [0.25, 0.3) is 7.63 Å². The van der Waals surface area contributed by atoms with Crippen molar-refractivity contribution >= 4 is 18.7 Å². The summed E-state index contributed by atoms with van der Waals surface area (Å²) in [5.41, 5.74) is 0. The third kappa shape index (κ3) is 1.76. The first-order chi connectivity index (χ1) is 3.71. The summed E-state index contributed by atoms with van der Waals surface area (Å²) in [6.45, 7) is 2.96. The van der Waals surface area contributed by atoms with Gasteiger partial charge in [-0.25, -0.2) is 0 Å². The van der Waals surface area contributed by atoms with E-state index in [-0.39, 0.29) is 0 Å². The van der Waals surface area contributed by atoms with E-state index in [1.165, 1.54) is 12.8 Å². The summed E-state index contributed by atoms with van der Waals surface area (Å²) >= 11 is 5.99. The molecule has 0 aromatic rings. The topological polar surface area (TPSA) is 9.23 Å². The van der Waals surface area contributed by atoms with Gasteiger partial charge in [0.1, 0.15) is 0 Å². The first-order valence-electron chi connectivity index (χ1n) is 3.04. The van der Waals surface area contributed by atoms with Crippen LogP contribution < -0.4 is 0 Å². The van der Waals surface area contributed by atoms with E-state index in [1.807, 2.05) is 0 Å². The zero-order chi connectivity index (χ0) is 6.04. The van der Waals surface area contributed by atoms with Crippen LogP contribution in [0.15, 0.2) is 0 Å².